The topological polar surface area (TPSA) is 64.0 Å². The third-order valence-electron chi connectivity index (χ3n) is 3.22. The molecule has 0 unspecified atom stereocenters. The zero-order chi connectivity index (χ0) is 13.5. The van der Waals surface area contributed by atoms with Crippen LogP contribution < -0.4 is 4.90 Å². The largest absolute Gasteiger partial charge is 0.378 e. The van der Waals surface area contributed by atoms with E-state index in [4.69, 9.17) is 16.3 Å². The average molecular weight is 308 g/mol. The number of nitrogens with zero attached hydrogens (tertiary/aromatic N) is 5. The minimum atomic E-state index is 0.240. The van der Waals surface area contributed by atoms with Crippen molar-refractivity contribution in [2.75, 3.05) is 31.2 Å². The van der Waals surface area contributed by atoms with Gasteiger partial charge in [-0.3, -0.25) is 0 Å². The quantitative estimate of drug-likeness (QED) is 0.642. The van der Waals surface area contributed by atoms with Crippen molar-refractivity contribution in [1.82, 2.24) is 19.9 Å². The first-order valence-corrected chi connectivity index (χ1v) is 7.42. The van der Waals surface area contributed by atoms with Crippen molar-refractivity contribution >= 4 is 49.3 Å². The smallest absolute Gasteiger partial charge is 0.225 e. The fourth-order valence-electron chi connectivity index (χ4n) is 2.32. The molecular weight excluding hydrogens is 298 g/mol. The number of hydrogen-bond acceptors (Lipinski definition) is 7. The number of anilines is 1. The standard InChI is InChI=1S/C12H10ClN5OS/c13-12-16-7-8-11(15-2-1-14-8)20-9(7)10(17-12)18-3-5-19-6-4-18/h1-2H,3-6H2. The van der Waals surface area contributed by atoms with Crippen molar-refractivity contribution in [3.63, 3.8) is 0 Å². The van der Waals surface area contributed by atoms with Crippen LogP contribution in [0.3, 0.4) is 0 Å². The molecule has 1 saturated heterocycles. The Morgan fingerprint density at radius 2 is 1.90 bits per heavy atom. The molecule has 102 valence electrons. The van der Waals surface area contributed by atoms with Gasteiger partial charge in [-0.25, -0.2) is 15.0 Å². The number of ether oxygens (including phenoxy) is 1. The summed E-state index contributed by atoms with van der Waals surface area (Å²) in [5.41, 5.74) is 1.56. The lowest BCUT2D eigenvalue weighted by Gasteiger charge is -2.27. The van der Waals surface area contributed by atoms with Crippen LogP contribution in [0.2, 0.25) is 5.28 Å². The molecule has 4 heterocycles. The number of thiophene rings is 1. The van der Waals surface area contributed by atoms with Crippen molar-refractivity contribution in [3.8, 4) is 0 Å². The Kier molecular flexibility index (Phi) is 2.90. The summed E-state index contributed by atoms with van der Waals surface area (Å²) in [6.07, 6.45) is 3.35. The molecule has 4 rings (SSSR count). The molecule has 1 fully saturated rings. The molecule has 0 aromatic carbocycles. The molecule has 3 aromatic heterocycles. The van der Waals surface area contributed by atoms with Crippen LogP contribution in [0.4, 0.5) is 5.82 Å². The Morgan fingerprint density at radius 1 is 1.10 bits per heavy atom. The second-order valence-corrected chi connectivity index (χ2v) is 5.74. The highest BCUT2D eigenvalue weighted by Crippen LogP contribution is 2.36. The molecule has 0 N–H and O–H groups in total. The predicted molar refractivity (Wildman–Crippen MR) is 78.6 cm³/mol. The molecule has 20 heavy (non-hydrogen) atoms. The molecular formula is C12H10ClN5OS. The third kappa shape index (κ3) is 1.90. The van der Waals surface area contributed by atoms with Gasteiger partial charge in [-0.2, -0.15) is 4.98 Å². The Bertz CT molecular complexity index is 786. The van der Waals surface area contributed by atoms with E-state index < -0.39 is 0 Å². The van der Waals surface area contributed by atoms with Crippen LogP contribution in [0.25, 0.3) is 20.6 Å². The monoisotopic (exact) mass is 307 g/mol. The van der Waals surface area contributed by atoms with E-state index in [9.17, 15) is 0 Å². The lowest BCUT2D eigenvalue weighted by Crippen LogP contribution is -2.36. The molecule has 1 aliphatic rings. The van der Waals surface area contributed by atoms with Gasteiger partial charge < -0.3 is 9.64 Å². The van der Waals surface area contributed by atoms with Crippen molar-refractivity contribution in [3.05, 3.63) is 17.7 Å². The van der Waals surface area contributed by atoms with Gasteiger partial charge in [0, 0.05) is 25.5 Å². The van der Waals surface area contributed by atoms with Crippen molar-refractivity contribution in [2.24, 2.45) is 0 Å². The van der Waals surface area contributed by atoms with Gasteiger partial charge in [0.15, 0.2) is 5.82 Å². The van der Waals surface area contributed by atoms with E-state index in [1.807, 2.05) is 0 Å². The summed E-state index contributed by atoms with van der Waals surface area (Å²) in [6.45, 7) is 3.00. The summed E-state index contributed by atoms with van der Waals surface area (Å²) in [5, 5.41) is 0.240. The number of halogens is 1. The van der Waals surface area contributed by atoms with Gasteiger partial charge in [0.05, 0.1) is 17.9 Å². The van der Waals surface area contributed by atoms with Crippen LogP contribution >= 0.6 is 22.9 Å². The fraction of sp³-hybridized carbons (Fsp3) is 0.333. The van der Waals surface area contributed by atoms with E-state index in [-0.39, 0.29) is 5.28 Å². The molecule has 3 aromatic rings. The summed E-state index contributed by atoms with van der Waals surface area (Å²) >= 11 is 7.63. The molecule has 0 amide bonds. The highest BCUT2D eigenvalue weighted by Gasteiger charge is 2.20. The number of rotatable bonds is 1. The Hall–Kier alpha value is -1.57. The number of morpholine rings is 1. The van der Waals surface area contributed by atoms with Crippen LogP contribution in [0.5, 0.6) is 0 Å². The first-order chi connectivity index (χ1) is 9.83. The lowest BCUT2D eigenvalue weighted by molar-refractivity contribution is 0.122. The lowest BCUT2D eigenvalue weighted by atomic mass is 10.3. The van der Waals surface area contributed by atoms with Gasteiger partial charge >= 0.3 is 0 Å². The van der Waals surface area contributed by atoms with Crippen molar-refractivity contribution < 1.29 is 4.74 Å². The maximum atomic E-state index is 6.08. The van der Waals surface area contributed by atoms with Gasteiger partial charge in [-0.05, 0) is 11.6 Å². The zero-order valence-corrected chi connectivity index (χ0v) is 12.0. The van der Waals surface area contributed by atoms with E-state index in [0.717, 1.165) is 39.5 Å². The van der Waals surface area contributed by atoms with Crippen LogP contribution in [0.15, 0.2) is 12.4 Å². The van der Waals surface area contributed by atoms with Gasteiger partial charge in [-0.15, -0.1) is 11.3 Å². The second kappa shape index (κ2) is 4.76. The van der Waals surface area contributed by atoms with E-state index in [1.54, 1.807) is 23.7 Å². The molecule has 0 radical (unpaired) electrons. The highest BCUT2D eigenvalue weighted by molar-refractivity contribution is 7.25. The van der Waals surface area contributed by atoms with Crippen molar-refractivity contribution in [2.45, 2.75) is 0 Å². The normalized spacial score (nSPS) is 16.1. The SMILES string of the molecule is Clc1nc(N2CCOCC2)c2sc3nccnc3c2n1. The van der Waals surface area contributed by atoms with Crippen LogP contribution in [-0.4, -0.2) is 46.2 Å². The first kappa shape index (κ1) is 12.2. The fourth-order valence-corrected chi connectivity index (χ4v) is 3.54. The number of aromatic nitrogens is 4. The highest BCUT2D eigenvalue weighted by atomic mass is 35.5. The molecule has 0 saturated carbocycles. The maximum absolute atomic E-state index is 6.08. The van der Waals surface area contributed by atoms with E-state index in [2.05, 4.69) is 24.8 Å². The summed E-state index contributed by atoms with van der Waals surface area (Å²) in [5.74, 6) is 0.855. The first-order valence-electron chi connectivity index (χ1n) is 6.22. The maximum Gasteiger partial charge on any atom is 0.225 e. The molecule has 1 aliphatic heterocycles. The van der Waals surface area contributed by atoms with Gasteiger partial charge in [0.2, 0.25) is 5.28 Å². The number of hydrogen-bond donors (Lipinski definition) is 0. The third-order valence-corrected chi connectivity index (χ3v) is 4.46. The minimum absolute atomic E-state index is 0.240. The minimum Gasteiger partial charge on any atom is -0.378 e. The number of fused-ring (bicyclic) bond motifs is 3. The Labute approximate surface area is 123 Å². The van der Waals surface area contributed by atoms with Gasteiger partial charge in [-0.1, -0.05) is 0 Å². The molecule has 8 heteroatoms. The van der Waals surface area contributed by atoms with Crippen LogP contribution in [0, 0.1) is 0 Å². The Balaban J connectivity index is 1.99. The van der Waals surface area contributed by atoms with E-state index in [1.165, 1.54) is 0 Å². The van der Waals surface area contributed by atoms with Crippen molar-refractivity contribution in [1.29, 1.82) is 0 Å². The molecule has 0 spiro atoms. The van der Waals surface area contributed by atoms with Gasteiger partial charge in [0.25, 0.3) is 0 Å². The summed E-state index contributed by atoms with van der Waals surface area (Å²) < 4.78 is 6.37. The molecule has 6 nitrogen and oxygen atoms in total. The Morgan fingerprint density at radius 3 is 2.75 bits per heavy atom. The van der Waals surface area contributed by atoms with Crippen LogP contribution in [0.1, 0.15) is 0 Å². The molecule has 0 atom stereocenters. The van der Waals surface area contributed by atoms with Gasteiger partial charge in [0.1, 0.15) is 15.9 Å². The predicted octanol–water partition coefficient (Wildman–Crippen LogP) is 2.12. The average Bonchev–Trinajstić information content (AvgIpc) is 2.86. The van der Waals surface area contributed by atoms with Crippen LogP contribution in [-0.2, 0) is 4.74 Å². The summed E-state index contributed by atoms with van der Waals surface area (Å²) in [7, 11) is 0. The van der Waals surface area contributed by atoms with E-state index in [0.29, 0.717) is 13.2 Å². The molecule has 0 aliphatic carbocycles. The summed E-state index contributed by atoms with van der Waals surface area (Å²) in [4.78, 5) is 20.4. The summed E-state index contributed by atoms with van der Waals surface area (Å²) in [6, 6.07) is 0. The second-order valence-electron chi connectivity index (χ2n) is 4.41. The molecule has 0 bridgehead atoms. The van der Waals surface area contributed by atoms with E-state index >= 15 is 0 Å². The zero-order valence-electron chi connectivity index (χ0n) is 10.4.